The van der Waals surface area contributed by atoms with E-state index in [1.807, 2.05) is 0 Å². The minimum atomic E-state index is -2.52. The maximum absolute atomic E-state index is 12.3. The van der Waals surface area contributed by atoms with E-state index in [0.717, 1.165) is 0 Å². The van der Waals surface area contributed by atoms with Crippen LogP contribution in [0.3, 0.4) is 0 Å². The van der Waals surface area contributed by atoms with Crippen LogP contribution in [-0.2, 0) is 9.63 Å². The minimum Gasteiger partial charge on any atom is -0.478 e. The number of halogens is 2. The first kappa shape index (κ1) is 11.5. The smallest absolute Gasteiger partial charge is 0.348 e. The van der Waals surface area contributed by atoms with Gasteiger partial charge in [0.15, 0.2) is 0 Å². The summed E-state index contributed by atoms with van der Waals surface area (Å²) in [6, 6.07) is 5.54. The topological polar surface area (TPSA) is 58.9 Å². The number of hydrogen-bond acceptors (Lipinski definition) is 3. The van der Waals surface area contributed by atoms with Gasteiger partial charge in [-0.05, 0) is 5.56 Å². The number of benzene rings is 1. The summed E-state index contributed by atoms with van der Waals surface area (Å²) in [5.41, 5.74) is 0.972. The molecule has 1 heterocycles. The van der Waals surface area contributed by atoms with E-state index in [-0.39, 0.29) is 12.0 Å². The fraction of sp³-hybridized carbons (Fsp3) is 0.273. The molecule has 1 N–H and O–H groups in total. The Morgan fingerprint density at radius 3 is 2.53 bits per heavy atom. The molecule has 1 aromatic rings. The van der Waals surface area contributed by atoms with Crippen LogP contribution in [0.1, 0.15) is 24.0 Å². The van der Waals surface area contributed by atoms with Crippen molar-refractivity contribution >= 4 is 11.7 Å². The highest BCUT2D eigenvalue weighted by Gasteiger charge is 2.28. The molecule has 0 amide bonds. The molecule has 0 saturated heterocycles. The third kappa shape index (κ3) is 2.41. The van der Waals surface area contributed by atoms with Gasteiger partial charge in [0.05, 0.1) is 5.71 Å². The van der Waals surface area contributed by atoms with Crippen LogP contribution in [0, 0.1) is 0 Å². The van der Waals surface area contributed by atoms with Gasteiger partial charge in [-0.3, -0.25) is 0 Å². The van der Waals surface area contributed by atoms with E-state index in [2.05, 4.69) is 5.16 Å². The van der Waals surface area contributed by atoms with Crippen LogP contribution in [-0.4, -0.2) is 22.9 Å². The van der Waals surface area contributed by atoms with Gasteiger partial charge in [-0.1, -0.05) is 29.4 Å². The molecule has 17 heavy (non-hydrogen) atoms. The van der Waals surface area contributed by atoms with E-state index in [4.69, 9.17) is 9.94 Å². The lowest BCUT2D eigenvalue weighted by Crippen LogP contribution is -2.19. The maximum atomic E-state index is 12.3. The zero-order valence-electron chi connectivity index (χ0n) is 8.64. The van der Waals surface area contributed by atoms with Crippen molar-refractivity contribution in [3.8, 4) is 0 Å². The molecule has 4 nitrogen and oxygen atoms in total. The van der Waals surface area contributed by atoms with E-state index in [9.17, 15) is 13.6 Å². The second-order valence-corrected chi connectivity index (χ2v) is 3.60. The summed E-state index contributed by atoms with van der Waals surface area (Å²) in [7, 11) is 0. The van der Waals surface area contributed by atoms with Crippen molar-refractivity contribution in [2.24, 2.45) is 5.16 Å². The Labute approximate surface area is 95.5 Å². The monoisotopic (exact) mass is 241 g/mol. The Morgan fingerprint density at radius 1 is 1.41 bits per heavy atom. The first-order valence-electron chi connectivity index (χ1n) is 4.92. The van der Waals surface area contributed by atoms with Crippen LogP contribution in [0.25, 0.3) is 0 Å². The number of hydrogen-bond donors (Lipinski definition) is 1. The molecule has 0 bridgehead atoms. The second-order valence-electron chi connectivity index (χ2n) is 3.60. The van der Waals surface area contributed by atoms with Crippen LogP contribution in [0.2, 0.25) is 0 Å². The predicted molar refractivity (Wildman–Crippen MR) is 55.1 cm³/mol. The van der Waals surface area contributed by atoms with Crippen molar-refractivity contribution in [2.75, 3.05) is 0 Å². The number of aliphatic carboxylic acids is 1. The lowest BCUT2D eigenvalue weighted by atomic mass is 10.0. The molecule has 6 heteroatoms. The van der Waals surface area contributed by atoms with E-state index in [0.29, 0.717) is 11.3 Å². The molecule has 1 atom stereocenters. The summed E-state index contributed by atoms with van der Waals surface area (Å²) >= 11 is 0. The summed E-state index contributed by atoms with van der Waals surface area (Å²) in [5, 5.41) is 12.3. The van der Waals surface area contributed by atoms with E-state index >= 15 is 0 Å². The Morgan fingerprint density at radius 2 is 2.06 bits per heavy atom. The lowest BCUT2D eigenvalue weighted by molar-refractivity contribution is -0.148. The molecule has 1 aliphatic heterocycles. The molecule has 0 aliphatic carbocycles. The average Bonchev–Trinajstić information content (AvgIpc) is 2.78. The molecule has 0 radical (unpaired) electrons. The summed E-state index contributed by atoms with van der Waals surface area (Å²) in [6.45, 7) is 0. The first-order valence-corrected chi connectivity index (χ1v) is 4.92. The highest BCUT2D eigenvalue weighted by molar-refractivity contribution is 6.03. The Bertz CT molecular complexity index is 456. The van der Waals surface area contributed by atoms with Crippen LogP contribution in [0.15, 0.2) is 29.4 Å². The van der Waals surface area contributed by atoms with Crippen LogP contribution in [0.5, 0.6) is 0 Å². The van der Waals surface area contributed by atoms with E-state index < -0.39 is 18.5 Å². The second kappa shape index (κ2) is 4.48. The molecule has 90 valence electrons. The Balaban J connectivity index is 2.12. The van der Waals surface area contributed by atoms with Crippen LogP contribution in [0.4, 0.5) is 8.78 Å². The third-order valence-corrected chi connectivity index (χ3v) is 2.44. The van der Waals surface area contributed by atoms with Gasteiger partial charge < -0.3 is 9.94 Å². The van der Waals surface area contributed by atoms with E-state index in [1.165, 1.54) is 24.3 Å². The fourth-order valence-electron chi connectivity index (χ4n) is 1.50. The number of rotatable bonds is 3. The minimum absolute atomic E-state index is 0.0805. The lowest BCUT2D eigenvalue weighted by Gasteiger charge is -2.02. The van der Waals surface area contributed by atoms with Gasteiger partial charge in [-0.25, -0.2) is 13.6 Å². The highest BCUT2D eigenvalue weighted by Crippen LogP contribution is 2.21. The number of carbonyl (C=O) groups is 1. The molecule has 1 unspecified atom stereocenters. The number of oxime groups is 1. The summed E-state index contributed by atoms with van der Waals surface area (Å²) < 4.78 is 24.6. The number of nitrogens with zero attached hydrogens (tertiary/aromatic N) is 1. The van der Waals surface area contributed by atoms with Crippen molar-refractivity contribution in [1.82, 2.24) is 0 Å². The van der Waals surface area contributed by atoms with Gasteiger partial charge in [0.1, 0.15) is 0 Å². The Kier molecular flexibility index (Phi) is 3.03. The van der Waals surface area contributed by atoms with Gasteiger partial charge >= 0.3 is 5.97 Å². The van der Waals surface area contributed by atoms with Crippen molar-refractivity contribution < 1.29 is 23.5 Å². The average molecular weight is 241 g/mol. The van der Waals surface area contributed by atoms with Crippen molar-refractivity contribution in [2.45, 2.75) is 19.0 Å². The molecular weight excluding hydrogens is 232 g/mol. The van der Waals surface area contributed by atoms with Gasteiger partial charge in [0.2, 0.25) is 6.10 Å². The van der Waals surface area contributed by atoms with E-state index in [1.54, 1.807) is 0 Å². The number of alkyl halides is 2. The zero-order chi connectivity index (χ0) is 12.4. The van der Waals surface area contributed by atoms with Gasteiger partial charge in [-0.15, -0.1) is 0 Å². The van der Waals surface area contributed by atoms with Crippen LogP contribution < -0.4 is 0 Å². The quantitative estimate of drug-likeness (QED) is 0.882. The van der Waals surface area contributed by atoms with Crippen molar-refractivity contribution in [3.05, 3.63) is 35.4 Å². The largest absolute Gasteiger partial charge is 0.478 e. The summed E-state index contributed by atoms with van der Waals surface area (Å²) in [4.78, 5) is 15.3. The fourth-order valence-corrected chi connectivity index (χ4v) is 1.50. The number of carboxylic acids is 1. The molecule has 0 fully saturated rings. The molecule has 0 saturated carbocycles. The van der Waals surface area contributed by atoms with Gasteiger partial charge in [0.25, 0.3) is 6.43 Å². The molecule has 1 aliphatic rings. The molecule has 1 aromatic carbocycles. The third-order valence-electron chi connectivity index (χ3n) is 2.44. The highest BCUT2D eigenvalue weighted by atomic mass is 19.3. The van der Waals surface area contributed by atoms with Crippen LogP contribution >= 0.6 is 0 Å². The molecule has 0 aromatic heterocycles. The van der Waals surface area contributed by atoms with Crippen molar-refractivity contribution in [1.29, 1.82) is 0 Å². The molecule has 2 rings (SSSR count). The Hall–Kier alpha value is -1.98. The first-order chi connectivity index (χ1) is 8.08. The molecular formula is C11H9F2NO3. The normalized spacial score (nSPS) is 19.0. The summed E-state index contributed by atoms with van der Waals surface area (Å²) in [6.07, 6.45) is -3.36. The standard InChI is InChI=1S/C11H9F2NO3/c12-10(13)7-3-1-6(2-4-7)8-5-9(11(15)16)17-14-8/h1-4,9-10H,5H2,(H,15,16). The zero-order valence-corrected chi connectivity index (χ0v) is 8.64. The predicted octanol–water partition coefficient (Wildman–Crippen LogP) is 2.20. The van der Waals surface area contributed by atoms with Gasteiger partial charge in [0, 0.05) is 12.0 Å². The SMILES string of the molecule is O=C(O)C1CC(c2ccc(C(F)F)cc2)=NO1. The maximum Gasteiger partial charge on any atom is 0.348 e. The van der Waals surface area contributed by atoms with Crippen molar-refractivity contribution in [3.63, 3.8) is 0 Å². The molecule has 0 spiro atoms. The summed E-state index contributed by atoms with van der Waals surface area (Å²) in [5.74, 6) is -1.09. The number of carboxylic acid groups (broad SMARTS) is 1. The van der Waals surface area contributed by atoms with Gasteiger partial charge in [-0.2, -0.15) is 0 Å².